The molecule has 1 aromatic rings. The van der Waals surface area contributed by atoms with E-state index in [2.05, 4.69) is 4.99 Å². The Hall–Kier alpha value is -1.31. The molecule has 3 nitrogen and oxygen atoms in total. The molecule has 0 saturated heterocycles. The molecule has 1 aromatic carbocycles. The number of isocyanates is 1. The Morgan fingerprint density at radius 2 is 2.10 bits per heavy atom. The molecular formula is C16H18ClNO2. The molecule has 0 aromatic heterocycles. The van der Waals surface area contributed by atoms with Gasteiger partial charge in [-0.3, -0.25) is 0 Å². The van der Waals surface area contributed by atoms with Gasteiger partial charge in [0.1, 0.15) is 11.3 Å². The quantitative estimate of drug-likeness (QED) is 0.601. The summed E-state index contributed by atoms with van der Waals surface area (Å²) in [5, 5.41) is 0.607. The molecule has 106 valence electrons. The van der Waals surface area contributed by atoms with E-state index in [9.17, 15) is 4.79 Å². The summed E-state index contributed by atoms with van der Waals surface area (Å²) in [5.74, 6) is 1.37. The molecule has 2 saturated carbocycles. The predicted octanol–water partition coefficient (Wildman–Crippen LogP) is 4.23. The Labute approximate surface area is 124 Å². The van der Waals surface area contributed by atoms with E-state index in [1.807, 2.05) is 18.2 Å². The van der Waals surface area contributed by atoms with Gasteiger partial charge >= 0.3 is 0 Å². The molecule has 0 unspecified atom stereocenters. The van der Waals surface area contributed by atoms with E-state index in [0.717, 1.165) is 31.2 Å². The number of carbonyl (C=O) groups excluding carboxylic acids is 1. The van der Waals surface area contributed by atoms with Gasteiger partial charge < -0.3 is 4.74 Å². The Kier molecular flexibility index (Phi) is 3.82. The zero-order valence-corrected chi connectivity index (χ0v) is 12.2. The molecule has 0 N–H and O–H groups in total. The second kappa shape index (κ2) is 5.59. The van der Waals surface area contributed by atoms with Gasteiger partial charge in [0.2, 0.25) is 6.08 Å². The molecule has 0 heterocycles. The molecule has 2 aliphatic carbocycles. The molecule has 0 aliphatic heterocycles. The van der Waals surface area contributed by atoms with Crippen LogP contribution in [0.5, 0.6) is 5.75 Å². The van der Waals surface area contributed by atoms with Crippen molar-refractivity contribution in [1.29, 1.82) is 0 Å². The van der Waals surface area contributed by atoms with E-state index >= 15 is 0 Å². The van der Waals surface area contributed by atoms with E-state index in [-0.39, 0.29) is 0 Å². The lowest BCUT2D eigenvalue weighted by Crippen LogP contribution is -2.20. The van der Waals surface area contributed by atoms with Crippen LogP contribution in [0, 0.1) is 5.92 Å². The number of aliphatic imine (C=N–C) groups is 1. The zero-order valence-electron chi connectivity index (χ0n) is 11.4. The molecule has 0 radical (unpaired) electrons. The summed E-state index contributed by atoms with van der Waals surface area (Å²) >= 11 is 6.31. The average molecular weight is 292 g/mol. The summed E-state index contributed by atoms with van der Waals surface area (Å²) in [6, 6.07) is 5.73. The second-order valence-electron chi connectivity index (χ2n) is 5.81. The highest BCUT2D eigenvalue weighted by Gasteiger charge is 2.39. The number of nitrogens with zero attached hydrogens (tertiary/aromatic N) is 1. The van der Waals surface area contributed by atoms with Gasteiger partial charge in [0, 0.05) is 5.56 Å². The minimum absolute atomic E-state index is 0.481. The molecular weight excluding hydrogens is 274 g/mol. The van der Waals surface area contributed by atoms with Crippen molar-refractivity contribution in [2.24, 2.45) is 10.9 Å². The maximum atomic E-state index is 10.8. The standard InChI is InChI=1S/C16H18ClNO2/c17-14-5-3-4-13(15(14)20-10-12-6-7-12)16(18-11-19)8-1-2-9-16/h3-5,12H,1-2,6-10H2. The molecule has 4 heteroatoms. The van der Waals surface area contributed by atoms with Crippen molar-refractivity contribution in [1.82, 2.24) is 0 Å². The van der Waals surface area contributed by atoms with Crippen molar-refractivity contribution in [3.63, 3.8) is 0 Å². The van der Waals surface area contributed by atoms with E-state index < -0.39 is 5.54 Å². The van der Waals surface area contributed by atoms with Crippen LogP contribution in [-0.4, -0.2) is 12.7 Å². The number of hydrogen-bond donors (Lipinski definition) is 0. The number of halogens is 1. The smallest absolute Gasteiger partial charge is 0.235 e. The van der Waals surface area contributed by atoms with Crippen LogP contribution in [0.15, 0.2) is 23.2 Å². The zero-order chi connectivity index (χ0) is 14.0. The first kappa shape index (κ1) is 13.7. The number of rotatable bonds is 5. The molecule has 2 aliphatic rings. The molecule has 0 amide bonds. The van der Waals surface area contributed by atoms with E-state index in [1.54, 1.807) is 6.08 Å². The lowest BCUT2D eigenvalue weighted by atomic mass is 9.88. The highest BCUT2D eigenvalue weighted by atomic mass is 35.5. The van der Waals surface area contributed by atoms with Crippen LogP contribution in [0.25, 0.3) is 0 Å². The van der Waals surface area contributed by atoms with Crippen molar-refractivity contribution in [2.75, 3.05) is 6.61 Å². The summed E-state index contributed by atoms with van der Waals surface area (Å²) in [5.41, 5.74) is 0.470. The molecule has 0 atom stereocenters. The Morgan fingerprint density at radius 1 is 1.35 bits per heavy atom. The van der Waals surface area contributed by atoms with E-state index in [4.69, 9.17) is 16.3 Å². The van der Waals surface area contributed by atoms with Gasteiger partial charge in [-0.15, -0.1) is 0 Å². The fourth-order valence-corrected chi connectivity index (χ4v) is 3.23. The third-order valence-electron chi connectivity index (χ3n) is 4.32. The van der Waals surface area contributed by atoms with Gasteiger partial charge in [0.25, 0.3) is 0 Å². The second-order valence-corrected chi connectivity index (χ2v) is 6.22. The average Bonchev–Trinajstić information content (AvgIpc) is 3.16. The van der Waals surface area contributed by atoms with Gasteiger partial charge in [0.15, 0.2) is 0 Å². The SMILES string of the molecule is O=C=NC1(c2cccc(Cl)c2OCC2CC2)CCCC1. The Balaban J connectivity index is 1.97. The number of benzene rings is 1. The summed E-state index contributed by atoms with van der Waals surface area (Å²) < 4.78 is 5.95. The fraction of sp³-hybridized carbons (Fsp3) is 0.562. The largest absolute Gasteiger partial charge is 0.491 e. The van der Waals surface area contributed by atoms with Crippen LogP contribution >= 0.6 is 11.6 Å². The molecule has 2 fully saturated rings. The third-order valence-corrected chi connectivity index (χ3v) is 4.62. The minimum atomic E-state index is -0.481. The summed E-state index contributed by atoms with van der Waals surface area (Å²) in [7, 11) is 0. The van der Waals surface area contributed by atoms with Gasteiger partial charge in [-0.05, 0) is 37.7 Å². The third kappa shape index (κ3) is 2.61. The summed E-state index contributed by atoms with van der Waals surface area (Å²) in [4.78, 5) is 15.0. The monoisotopic (exact) mass is 291 g/mol. The van der Waals surface area contributed by atoms with Crippen molar-refractivity contribution in [3.05, 3.63) is 28.8 Å². The first-order valence-corrected chi connectivity index (χ1v) is 7.64. The van der Waals surface area contributed by atoms with Crippen LogP contribution in [-0.2, 0) is 10.3 Å². The Bertz CT molecular complexity index is 541. The normalized spacial score (nSPS) is 20.4. The molecule has 0 spiro atoms. The topological polar surface area (TPSA) is 38.7 Å². The Morgan fingerprint density at radius 3 is 2.75 bits per heavy atom. The van der Waals surface area contributed by atoms with Gasteiger partial charge in [-0.25, -0.2) is 4.79 Å². The summed E-state index contributed by atoms with van der Waals surface area (Å²) in [6.07, 6.45) is 8.08. The number of para-hydroxylation sites is 1. The van der Waals surface area contributed by atoms with Crippen LogP contribution in [0.1, 0.15) is 44.1 Å². The highest BCUT2D eigenvalue weighted by molar-refractivity contribution is 6.32. The van der Waals surface area contributed by atoms with Gasteiger partial charge in [0.05, 0.1) is 11.6 Å². The highest BCUT2D eigenvalue weighted by Crippen LogP contribution is 2.47. The van der Waals surface area contributed by atoms with Crippen molar-refractivity contribution < 1.29 is 9.53 Å². The van der Waals surface area contributed by atoms with Gasteiger partial charge in [-0.1, -0.05) is 36.6 Å². The van der Waals surface area contributed by atoms with Crippen molar-refractivity contribution in [3.8, 4) is 5.75 Å². The molecule has 0 bridgehead atoms. The lowest BCUT2D eigenvalue weighted by molar-refractivity contribution is 0.288. The fourth-order valence-electron chi connectivity index (χ4n) is 3.00. The maximum absolute atomic E-state index is 10.8. The minimum Gasteiger partial charge on any atom is -0.491 e. The summed E-state index contributed by atoms with van der Waals surface area (Å²) in [6.45, 7) is 0.706. The van der Waals surface area contributed by atoms with Gasteiger partial charge in [-0.2, -0.15) is 4.99 Å². The first-order valence-electron chi connectivity index (χ1n) is 7.26. The van der Waals surface area contributed by atoms with Crippen LogP contribution in [0.2, 0.25) is 5.02 Å². The predicted molar refractivity (Wildman–Crippen MR) is 77.9 cm³/mol. The molecule has 3 rings (SSSR count). The molecule has 20 heavy (non-hydrogen) atoms. The van der Waals surface area contributed by atoms with Crippen molar-refractivity contribution in [2.45, 2.75) is 44.1 Å². The number of ether oxygens (including phenoxy) is 1. The van der Waals surface area contributed by atoms with E-state index in [1.165, 1.54) is 12.8 Å². The van der Waals surface area contributed by atoms with Crippen LogP contribution < -0.4 is 4.74 Å². The van der Waals surface area contributed by atoms with Crippen molar-refractivity contribution >= 4 is 17.7 Å². The van der Waals surface area contributed by atoms with Crippen LogP contribution in [0.3, 0.4) is 0 Å². The first-order chi connectivity index (χ1) is 9.75. The number of hydrogen-bond acceptors (Lipinski definition) is 3. The maximum Gasteiger partial charge on any atom is 0.235 e. The lowest BCUT2D eigenvalue weighted by Gasteiger charge is -2.26. The van der Waals surface area contributed by atoms with E-state index in [0.29, 0.717) is 23.3 Å². The van der Waals surface area contributed by atoms with Crippen LogP contribution in [0.4, 0.5) is 0 Å².